The van der Waals surface area contributed by atoms with Gasteiger partial charge in [0.25, 0.3) is 0 Å². The Bertz CT molecular complexity index is 496. The number of H-pyrrole nitrogens is 1. The monoisotopic (exact) mass is 237 g/mol. The second-order valence-corrected chi connectivity index (χ2v) is 4.72. The van der Waals surface area contributed by atoms with E-state index in [1.165, 1.54) is 6.08 Å². The molecule has 92 valence electrons. The van der Waals surface area contributed by atoms with Crippen molar-refractivity contribution in [2.45, 2.75) is 31.5 Å². The molecule has 2 heterocycles. The molecule has 4 nitrogen and oxygen atoms in total. The van der Waals surface area contributed by atoms with E-state index in [1.807, 2.05) is 0 Å². The lowest BCUT2D eigenvalue weighted by Gasteiger charge is -2.25. The quantitative estimate of drug-likeness (QED) is 0.766. The zero-order valence-electron chi connectivity index (χ0n) is 9.58. The summed E-state index contributed by atoms with van der Waals surface area (Å²) >= 11 is 0. The highest BCUT2D eigenvalue weighted by molar-refractivity contribution is 5.52. The van der Waals surface area contributed by atoms with E-state index in [9.17, 15) is 9.18 Å². The van der Waals surface area contributed by atoms with Crippen molar-refractivity contribution in [2.75, 3.05) is 13.1 Å². The molecule has 0 saturated carbocycles. The first-order chi connectivity index (χ1) is 8.25. The molecule has 5 heteroatoms. The maximum Gasteiger partial charge on any atom is 0.326 e. The van der Waals surface area contributed by atoms with Crippen molar-refractivity contribution in [3.8, 4) is 0 Å². The SMILES string of the molecule is O=c1[nH]c2c(n1C1CCNCC1)C=CC(F)C2. The first-order valence-electron chi connectivity index (χ1n) is 6.12. The van der Waals surface area contributed by atoms with Crippen molar-refractivity contribution >= 4 is 6.08 Å². The van der Waals surface area contributed by atoms with Crippen LogP contribution in [-0.4, -0.2) is 28.8 Å². The summed E-state index contributed by atoms with van der Waals surface area (Å²) in [4.78, 5) is 14.7. The predicted molar refractivity (Wildman–Crippen MR) is 63.8 cm³/mol. The summed E-state index contributed by atoms with van der Waals surface area (Å²) in [6, 6.07) is 0.240. The number of hydrogen-bond donors (Lipinski definition) is 2. The highest BCUT2D eigenvalue weighted by atomic mass is 19.1. The molecule has 1 fully saturated rings. The topological polar surface area (TPSA) is 49.8 Å². The number of piperidine rings is 1. The number of alkyl halides is 1. The van der Waals surface area contributed by atoms with Gasteiger partial charge >= 0.3 is 5.69 Å². The lowest BCUT2D eigenvalue weighted by Crippen LogP contribution is -2.33. The van der Waals surface area contributed by atoms with Crippen LogP contribution in [0.3, 0.4) is 0 Å². The Labute approximate surface area is 98.5 Å². The smallest absolute Gasteiger partial charge is 0.317 e. The van der Waals surface area contributed by atoms with E-state index < -0.39 is 6.17 Å². The molecule has 2 N–H and O–H groups in total. The summed E-state index contributed by atoms with van der Waals surface area (Å²) in [6.07, 6.45) is 4.51. The number of nitrogens with zero attached hydrogens (tertiary/aromatic N) is 1. The molecule has 0 amide bonds. The third kappa shape index (κ3) is 1.84. The number of allylic oxidation sites excluding steroid dienone is 1. The van der Waals surface area contributed by atoms with E-state index in [0.717, 1.165) is 37.3 Å². The molecule has 0 spiro atoms. The van der Waals surface area contributed by atoms with Crippen molar-refractivity contribution in [3.05, 3.63) is 27.9 Å². The molecule has 1 aromatic rings. The van der Waals surface area contributed by atoms with E-state index in [2.05, 4.69) is 10.3 Å². The van der Waals surface area contributed by atoms with Crippen molar-refractivity contribution in [3.63, 3.8) is 0 Å². The molecule has 17 heavy (non-hydrogen) atoms. The average Bonchev–Trinajstić information content (AvgIpc) is 2.65. The molecule has 1 aromatic heterocycles. The number of rotatable bonds is 1. The predicted octanol–water partition coefficient (Wildman–Crippen LogP) is 1.01. The Morgan fingerprint density at radius 3 is 2.88 bits per heavy atom. The summed E-state index contributed by atoms with van der Waals surface area (Å²) in [5.74, 6) is 0. The minimum atomic E-state index is -0.970. The van der Waals surface area contributed by atoms with Gasteiger partial charge in [-0.3, -0.25) is 4.57 Å². The third-order valence-corrected chi connectivity index (χ3v) is 3.58. The first-order valence-corrected chi connectivity index (χ1v) is 6.12. The van der Waals surface area contributed by atoms with Gasteiger partial charge in [0.2, 0.25) is 0 Å². The van der Waals surface area contributed by atoms with Crippen LogP contribution >= 0.6 is 0 Å². The van der Waals surface area contributed by atoms with Crippen molar-refractivity contribution in [1.29, 1.82) is 0 Å². The van der Waals surface area contributed by atoms with Crippen LogP contribution in [0.4, 0.5) is 4.39 Å². The van der Waals surface area contributed by atoms with Crippen LogP contribution in [0.15, 0.2) is 10.9 Å². The maximum absolute atomic E-state index is 13.2. The van der Waals surface area contributed by atoms with Gasteiger partial charge in [-0.2, -0.15) is 0 Å². The highest BCUT2D eigenvalue weighted by Crippen LogP contribution is 2.24. The van der Waals surface area contributed by atoms with Crippen LogP contribution in [0.2, 0.25) is 0 Å². The molecule has 1 aliphatic carbocycles. The Morgan fingerprint density at radius 2 is 2.12 bits per heavy atom. The van der Waals surface area contributed by atoms with Crippen LogP contribution in [0, 0.1) is 0 Å². The van der Waals surface area contributed by atoms with Gasteiger partial charge in [0.1, 0.15) is 6.17 Å². The maximum atomic E-state index is 13.2. The van der Waals surface area contributed by atoms with Gasteiger partial charge in [0.05, 0.1) is 5.69 Å². The number of halogens is 1. The molecule has 0 aromatic carbocycles. The van der Waals surface area contributed by atoms with E-state index in [4.69, 9.17) is 0 Å². The van der Waals surface area contributed by atoms with E-state index in [0.29, 0.717) is 6.42 Å². The minimum absolute atomic E-state index is 0.0966. The summed E-state index contributed by atoms with van der Waals surface area (Å²) < 4.78 is 15.0. The van der Waals surface area contributed by atoms with Gasteiger partial charge in [-0.15, -0.1) is 0 Å². The second kappa shape index (κ2) is 4.14. The lowest BCUT2D eigenvalue weighted by atomic mass is 10.0. The fourth-order valence-electron chi connectivity index (χ4n) is 2.73. The first kappa shape index (κ1) is 10.8. The number of nitrogens with one attached hydrogen (secondary N) is 2. The van der Waals surface area contributed by atoms with Crippen LogP contribution < -0.4 is 11.0 Å². The van der Waals surface area contributed by atoms with Gasteiger partial charge in [0.15, 0.2) is 0 Å². The third-order valence-electron chi connectivity index (χ3n) is 3.58. The zero-order chi connectivity index (χ0) is 11.8. The van der Waals surface area contributed by atoms with Gasteiger partial charge in [0, 0.05) is 18.2 Å². The Morgan fingerprint density at radius 1 is 1.35 bits per heavy atom. The molecule has 2 aliphatic rings. The van der Waals surface area contributed by atoms with E-state index in [-0.39, 0.29) is 11.7 Å². The summed E-state index contributed by atoms with van der Waals surface area (Å²) in [6.45, 7) is 1.87. The molecule has 0 radical (unpaired) electrons. The van der Waals surface area contributed by atoms with Crippen LogP contribution in [0.25, 0.3) is 6.08 Å². The highest BCUT2D eigenvalue weighted by Gasteiger charge is 2.24. The normalized spacial score (nSPS) is 24.9. The Hall–Kier alpha value is -1.36. The van der Waals surface area contributed by atoms with Gasteiger partial charge < -0.3 is 10.3 Å². The number of aromatic amines is 1. The van der Waals surface area contributed by atoms with Crippen LogP contribution in [0.1, 0.15) is 30.3 Å². The molecule has 1 unspecified atom stereocenters. The Kier molecular flexibility index (Phi) is 2.63. The molecule has 1 saturated heterocycles. The molecule has 1 atom stereocenters. The van der Waals surface area contributed by atoms with Crippen LogP contribution in [0.5, 0.6) is 0 Å². The molecule has 0 bridgehead atoms. The largest absolute Gasteiger partial charge is 0.326 e. The molecular formula is C12H16FN3O. The minimum Gasteiger partial charge on any atom is -0.317 e. The van der Waals surface area contributed by atoms with Gasteiger partial charge in [-0.05, 0) is 38.1 Å². The summed E-state index contributed by atoms with van der Waals surface area (Å²) in [5.41, 5.74) is 1.51. The fraction of sp³-hybridized carbons (Fsp3) is 0.583. The lowest BCUT2D eigenvalue weighted by molar-refractivity contribution is 0.358. The van der Waals surface area contributed by atoms with Crippen LogP contribution in [-0.2, 0) is 6.42 Å². The average molecular weight is 237 g/mol. The van der Waals surface area contributed by atoms with Crippen molar-refractivity contribution in [1.82, 2.24) is 14.9 Å². The number of fused-ring (bicyclic) bond motifs is 1. The van der Waals surface area contributed by atoms with Gasteiger partial charge in [-0.1, -0.05) is 0 Å². The number of imidazole rings is 1. The summed E-state index contributed by atoms with van der Waals surface area (Å²) in [7, 11) is 0. The van der Waals surface area contributed by atoms with E-state index in [1.54, 1.807) is 10.6 Å². The molecule has 1 aliphatic heterocycles. The van der Waals surface area contributed by atoms with Crippen molar-refractivity contribution in [2.24, 2.45) is 0 Å². The number of aromatic nitrogens is 2. The molecular weight excluding hydrogens is 221 g/mol. The van der Waals surface area contributed by atoms with E-state index >= 15 is 0 Å². The van der Waals surface area contributed by atoms with Gasteiger partial charge in [-0.25, -0.2) is 9.18 Å². The fourth-order valence-corrected chi connectivity index (χ4v) is 2.73. The van der Waals surface area contributed by atoms with Crippen molar-refractivity contribution < 1.29 is 4.39 Å². The second-order valence-electron chi connectivity index (χ2n) is 4.72. The standard InChI is InChI=1S/C12H16FN3O/c13-8-1-2-11-10(7-8)15-12(17)16(11)9-3-5-14-6-4-9/h1-2,8-9,14H,3-7H2,(H,15,17). The number of hydrogen-bond acceptors (Lipinski definition) is 2. The summed E-state index contributed by atoms with van der Waals surface area (Å²) in [5, 5.41) is 3.28. The Balaban J connectivity index is 2.01. The zero-order valence-corrected chi connectivity index (χ0v) is 9.58. The molecule has 3 rings (SSSR count).